The van der Waals surface area contributed by atoms with E-state index in [4.69, 9.17) is 16.3 Å². The predicted octanol–water partition coefficient (Wildman–Crippen LogP) is 2.09. The van der Waals surface area contributed by atoms with Crippen molar-refractivity contribution in [1.82, 2.24) is 9.88 Å². The van der Waals surface area contributed by atoms with Gasteiger partial charge in [-0.05, 0) is 30.3 Å². The van der Waals surface area contributed by atoms with Crippen molar-refractivity contribution in [3.63, 3.8) is 0 Å². The standard InChI is InChI=1S/C17H15ClN4O4/c18-11-8-10(20-15(23)12-2-1-5-19-12)3-4-13(11)22-16(24)14-9-26-7-6-21(14)17(22)25/h1-5,8,14,19H,6-7,9H2,(H,20,23). The fourth-order valence-electron chi connectivity index (χ4n) is 3.07. The van der Waals surface area contributed by atoms with Gasteiger partial charge in [-0.2, -0.15) is 0 Å². The van der Waals surface area contributed by atoms with Crippen LogP contribution in [0.2, 0.25) is 5.02 Å². The number of aromatic nitrogens is 1. The van der Waals surface area contributed by atoms with Crippen LogP contribution in [0.4, 0.5) is 16.2 Å². The molecule has 1 unspecified atom stereocenters. The van der Waals surface area contributed by atoms with E-state index in [-0.39, 0.29) is 29.1 Å². The van der Waals surface area contributed by atoms with Gasteiger partial charge in [-0.15, -0.1) is 0 Å². The minimum atomic E-state index is -0.612. The Morgan fingerprint density at radius 1 is 1.31 bits per heavy atom. The highest BCUT2D eigenvalue weighted by Gasteiger charge is 2.47. The molecule has 8 nitrogen and oxygen atoms in total. The number of anilines is 2. The van der Waals surface area contributed by atoms with Gasteiger partial charge < -0.3 is 19.9 Å². The molecule has 3 heterocycles. The molecule has 2 N–H and O–H groups in total. The Morgan fingerprint density at radius 2 is 2.15 bits per heavy atom. The van der Waals surface area contributed by atoms with Crippen LogP contribution in [-0.4, -0.2) is 53.5 Å². The molecule has 2 aliphatic rings. The molecule has 0 saturated carbocycles. The van der Waals surface area contributed by atoms with Gasteiger partial charge in [-0.3, -0.25) is 9.59 Å². The summed E-state index contributed by atoms with van der Waals surface area (Å²) >= 11 is 6.29. The lowest BCUT2D eigenvalue weighted by Crippen LogP contribution is -2.45. The zero-order valence-electron chi connectivity index (χ0n) is 13.6. The topological polar surface area (TPSA) is 94.7 Å². The smallest absolute Gasteiger partial charge is 0.332 e. The number of morpholine rings is 1. The van der Waals surface area contributed by atoms with Crippen molar-refractivity contribution < 1.29 is 19.1 Å². The number of nitrogens with zero attached hydrogens (tertiary/aromatic N) is 2. The molecular formula is C17H15ClN4O4. The van der Waals surface area contributed by atoms with E-state index in [9.17, 15) is 14.4 Å². The first kappa shape index (κ1) is 16.6. The molecule has 0 bridgehead atoms. The summed E-state index contributed by atoms with van der Waals surface area (Å²) in [6.45, 7) is 0.956. The van der Waals surface area contributed by atoms with Crippen molar-refractivity contribution >= 4 is 40.8 Å². The predicted molar refractivity (Wildman–Crippen MR) is 94.4 cm³/mol. The number of benzene rings is 1. The van der Waals surface area contributed by atoms with Gasteiger partial charge in [-0.25, -0.2) is 9.69 Å². The van der Waals surface area contributed by atoms with Crippen LogP contribution in [0.5, 0.6) is 0 Å². The lowest BCUT2D eigenvalue weighted by molar-refractivity contribution is -0.123. The molecule has 2 saturated heterocycles. The highest BCUT2D eigenvalue weighted by Crippen LogP contribution is 2.34. The van der Waals surface area contributed by atoms with E-state index in [0.717, 1.165) is 4.90 Å². The zero-order chi connectivity index (χ0) is 18.3. The maximum atomic E-state index is 12.6. The summed E-state index contributed by atoms with van der Waals surface area (Å²) in [4.78, 5) is 42.6. The van der Waals surface area contributed by atoms with Crippen LogP contribution in [0.1, 0.15) is 10.5 Å². The fourth-order valence-corrected chi connectivity index (χ4v) is 3.33. The molecule has 2 aromatic rings. The van der Waals surface area contributed by atoms with Gasteiger partial charge in [0.1, 0.15) is 11.7 Å². The van der Waals surface area contributed by atoms with E-state index in [1.807, 2.05) is 0 Å². The summed E-state index contributed by atoms with van der Waals surface area (Å²) < 4.78 is 5.29. The SMILES string of the molecule is O=C(Nc1ccc(N2C(=O)C3COCCN3C2=O)c(Cl)c1)c1ccc[nH]1. The average molecular weight is 375 g/mol. The number of hydrogen-bond acceptors (Lipinski definition) is 4. The number of fused-ring (bicyclic) bond motifs is 1. The molecular weight excluding hydrogens is 360 g/mol. The third kappa shape index (κ3) is 2.73. The number of hydrogen-bond donors (Lipinski definition) is 2. The molecule has 1 aromatic heterocycles. The van der Waals surface area contributed by atoms with Crippen molar-refractivity contribution in [3.8, 4) is 0 Å². The van der Waals surface area contributed by atoms with Gasteiger partial charge in [0.2, 0.25) is 0 Å². The molecule has 0 aliphatic carbocycles. The second-order valence-electron chi connectivity index (χ2n) is 5.94. The van der Waals surface area contributed by atoms with E-state index < -0.39 is 12.1 Å². The quantitative estimate of drug-likeness (QED) is 0.804. The molecule has 2 fully saturated rings. The Balaban J connectivity index is 1.57. The number of imide groups is 1. The van der Waals surface area contributed by atoms with Crippen LogP contribution in [-0.2, 0) is 9.53 Å². The first-order valence-electron chi connectivity index (χ1n) is 8.03. The normalized spacial score (nSPS) is 19.7. The molecule has 0 spiro atoms. The summed E-state index contributed by atoms with van der Waals surface area (Å²) in [7, 11) is 0. The van der Waals surface area contributed by atoms with Crippen molar-refractivity contribution in [1.29, 1.82) is 0 Å². The number of halogens is 1. The van der Waals surface area contributed by atoms with Crippen molar-refractivity contribution in [2.75, 3.05) is 30.0 Å². The van der Waals surface area contributed by atoms with Crippen LogP contribution < -0.4 is 10.2 Å². The molecule has 26 heavy (non-hydrogen) atoms. The Kier molecular flexibility index (Phi) is 4.14. The second-order valence-corrected chi connectivity index (χ2v) is 6.35. The van der Waals surface area contributed by atoms with Gasteiger partial charge in [0.15, 0.2) is 0 Å². The van der Waals surface area contributed by atoms with Crippen LogP contribution in [0, 0.1) is 0 Å². The van der Waals surface area contributed by atoms with Gasteiger partial charge >= 0.3 is 6.03 Å². The number of carbonyl (C=O) groups excluding carboxylic acids is 3. The highest BCUT2D eigenvalue weighted by molar-refractivity contribution is 6.36. The Morgan fingerprint density at radius 3 is 2.85 bits per heavy atom. The van der Waals surface area contributed by atoms with Gasteiger partial charge in [-0.1, -0.05) is 11.6 Å². The Bertz CT molecular complexity index is 859. The van der Waals surface area contributed by atoms with E-state index in [1.54, 1.807) is 30.5 Å². The number of rotatable bonds is 3. The largest absolute Gasteiger partial charge is 0.377 e. The first-order valence-corrected chi connectivity index (χ1v) is 8.40. The second kappa shape index (κ2) is 6.47. The molecule has 134 valence electrons. The van der Waals surface area contributed by atoms with Crippen molar-refractivity contribution in [2.24, 2.45) is 0 Å². The number of aromatic amines is 1. The van der Waals surface area contributed by atoms with Gasteiger partial charge in [0, 0.05) is 18.4 Å². The van der Waals surface area contributed by atoms with Crippen LogP contribution >= 0.6 is 11.6 Å². The highest BCUT2D eigenvalue weighted by atomic mass is 35.5. The number of H-pyrrole nitrogens is 1. The maximum absolute atomic E-state index is 12.6. The molecule has 4 amide bonds. The average Bonchev–Trinajstić information content (AvgIpc) is 3.25. The lowest BCUT2D eigenvalue weighted by atomic mass is 10.2. The van der Waals surface area contributed by atoms with Crippen molar-refractivity contribution in [2.45, 2.75) is 6.04 Å². The summed E-state index contributed by atoms with van der Waals surface area (Å²) in [6, 6.07) is 6.98. The van der Waals surface area contributed by atoms with E-state index in [2.05, 4.69) is 10.3 Å². The fraction of sp³-hybridized carbons (Fsp3) is 0.235. The Labute approximate surface area is 153 Å². The molecule has 9 heteroatoms. The third-order valence-corrected chi connectivity index (χ3v) is 4.66. The lowest BCUT2D eigenvalue weighted by Gasteiger charge is -2.26. The number of ether oxygens (including phenoxy) is 1. The summed E-state index contributed by atoms with van der Waals surface area (Å²) in [5.74, 6) is -0.679. The summed E-state index contributed by atoms with van der Waals surface area (Å²) in [5.41, 5.74) is 1.15. The molecule has 0 radical (unpaired) electrons. The molecule has 1 atom stereocenters. The van der Waals surface area contributed by atoms with Crippen LogP contribution in [0.25, 0.3) is 0 Å². The van der Waals surface area contributed by atoms with E-state index >= 15 is 0 Å². The Hall–Kier alpha value is -2.84. The monoisotopic (exact) mass is 374 g/mol. The van der Waals surface area contributed by atoms with Crippen molar-refractivity contribution in [3.05, 3.63) is 47.2 Å². The molecule has 4 rings (SSSR count). The number of urea groups is 1. The molecule has 2 aliphatic heterocycles. The van der Waals surface area contributed by atoms with E-state index in [1.165, 1.54) is 11.0 Å². The zero-order valence-corrected chi connectivity index (χ0v) is 14.3. The van der Waals surface area contributed by atoms with Crippen LogP contribution in [0.15, 0.2) is 36.5 Å². The van der Waals surface area contributed by atoms with E-state index in [0.29, 0.717) is 24.5 Å². The summed E-state index contributed by atoms with van der Waals surface area (Å²) in [6.07, 6.45) is 1.65. The first-order chi connectivity index (χ1) is 12.6. The van der Waals surface area contributed by atoms with Gasteiger partial charge in [0.05, 0.1) is 23.9 Å². The minimum Gasteiger partial charge on any atom is -0.377 e. The maximum Gasteiger partial charge on any atom is 0.332 e. The summed E-state index contributed by atoms with van der Waals surface area (Å²) in [5, 5.41) is 2.89. The number of carbonyl (C=O) groups is 3. The van der Waals surface area contributed by atoms with Gasteiger partial charge in [0.25, 0.3) is 11.8 Å². The van der Waals surface area contributed by atoms with Crippen LogP contribution in [0.3, 0.4) is 0 Å². The number of nitrogens with one attached hydrogen (secondary N) is 2. The third-order valence-electron chi connectivity index (χ3n) is 4.36. The molecule has 1 aromatic carbocycles. The number of amides is 4. The minimum absolute atomic E-state index is 0.184.